The summed E-state index contributed by atoms with van der Waals surface area (Å²) in [6, 6.07) is 0. The molecule has 84 valence electrons. The van der Waals surface area contributed by atoms with E-state index in [0.717, 1.165) is 24.3 Å². The van der Waals surface area contributed by atoms with Crippen molar-refractivity contribution in [1.82, 2.24) is 4.98 Å². The Balaban J connectivity index is 2.27. The molecule has 2 N–H and O–H groups in total. The standard InChI is InChI=1S/C11H18N2S2/c1-3-9-8(2)15-10(13-9)11(12)4-6-14-7-5-11/h3-7,12H2,1-2H3. The molecule has 2 heterocycles. The molecule has 2 nitrogen and oxygen atoms in total. The average molecular weight is 242 g/mol. The molecule has 0 aromatic carbocycles. The van der Waals surface area contributed by atoms with E-state index in [1.807, 2.05) is 11.8 Å². The highest BCUT2D eigenvalue weighted by atomic mass is 32.2. The van der Waals surface area contributed by atoms with Crippen molar-refractivity contribution >= 4 is 23.1 Å². The number of nitrogens with zero attached hydrogens (tertiary/aromatic N) is 1. The van der Waals surface area contributed by atoms with Gasteiger partial charge in [0.05, 0.1) is 11.2 Å². The van der Waals surface area contributed by atoms with Crippen molar-refractivity contribution in [1.29, 1.82) is 0 Å². The van der Waals surface area contributed by atoms with Crippen LogP contribution in [0.3, 0.4) is 0 Å². The van der Waals surface area contributed by atoms with Crippen LogP contribution in [0.15, 0.2) is 0 Å². The molecule has 0 saturated carbocycles. The average Bonchev–Trinajstić information content (AvgIpc) is 2.61. The van der Waals surface area contributed by atoms with E-state index in [9.17, 15) is 0 Å². The van der Waals surface area contributed by atoms with Crippen molar-refractivity contribution in [3.63, 3.8) is 0 Å². The number of thioether (sulfide) groups is 1. The van der Waals surface area contributed by atoms with E-state index >= 15 is 0 Å². The normalized spacial score (nSPS) is 20.5. The molecule has 1 aromatic rings. The zero-order valence-corrected chi connectivity index (χ0v) is 11.0. The minimum atomic E-state index is -0.131. The van der Waals surface area contributed by atoms with E-state index in [0.29, 0.717) is 0 Å². The van der Waals surface area contributed by atoms with Gasteiger partial charge in [-0.15, -0.1) is 11.3 Å². The zero-order chi connectivity index (χ0) is 10.9. The Morgan fingerprint density at radius 2 is 2.07 bits per heavy atom. The second-order valence-corrected chi connectivity index (χ2v) is 6.57. The number of nitrogens with two attached hydrogens (primary N) is 1. The topological polar surface area (TPSA) is 38.9 Å². The van der Waals surface area contributed by atoms with E-state index in [1.165, 1.54) is 22.1 Å². The van der Waals surface area contributed by atoms with Crippen LogP contribution in [0, 0.1) is 6.92 Å². The first-order chi connectivity index (χ1) is 7.15. The highest BCUT2D eigenvalue weighted by molar-refractivity contribution is 7.99. The maximum atomic E-state index is 6.45. The lowest BCUT2D eigenvalue weighted by Crippen LogP contribution is -2.40. The van der Waals surface area contributed by atoms with Gasteiger partial charge in [-0.1, -0.05) is 6.92 Å². The zero-order valence-electron chi connectivity index (χ0n) is 9.38. The first-order valence-electron chi connectivity index (χ1n) is 5.49. The molecule has 1 aliphatic heterocycles. The molecule has 0 unspecified atom stereocenters. The van der Waals surface area contributed by atoms with Gasteiger partial charge in [0, 0.05) is 4.88 Å². The molecule has 0 radical (unpaired) electrons. The van der Waals surface area contributed by atoms with Gasteiger partial charge in [-0.25, -0.2) is 4.98 Å². The van der Waals surface area contributed by atoms with Crippen LogP contribution >= 0.6 is 23.1 Å². The number of rotatable bonds is 2. The van der Waals surface area contributed by atoms with Crippen LogP contribution in [0.1, 0.15) is 35.3 Å². The second-order valence-electron chi connectivity index (χ2n) is 4.14. The van der Waals surface area contributed by atoms with Gasteiger partial charge >= 0.3 is 0 Å². The number of aromatic nitrogens is 1. The molecule has 0 atom stereocenters. The Morgan fingerprint density at radius 1 is 1.40 bits per heavy atom. The Bertz CT molecular complexity index is 340. The van der Waals surface area contributed by atoms with Gasteiger partial charge in [-0.2, -0.15) is 11.8 Å². The number of hydrogen-bond donors (Lipinski definition) is 1. The van der Waals surface area contributed by atoms with Crippen molar-refractivity contribution in [3.8, 4) is 0 Å². The highest BCUT2D eigenvalue weighted by Crippen LogP contribution is 2.36. The monoisotopic (exact) mass is 242 g/mol. The summed E-state index contributed by atoms with van der Waals surface area (Å²) in [6.45, 7) is 4.31. The molecule has 0 bridgehead atoms. The van der Waals surface area contributed by atoms with E-state index in [2.05, 4.69) is 13.8 Å². The third-order valence-electron chi connectivity index (χ3n) is 3.04. The summed E-state index contributed by atoms with van der Waals surface area (Å²) in [5.74, 6) is 2.35. The quantitative estimate of drug-likeness (QED) is 0.866. The van der Waals surface area contributed by atoms with Crippen LogP contribution in [0.5, 0.6) is 0 Å². The Kier molecular flexibility index (Phi) is 3.38. The van der Waals surface area contributed by atoms with Crippen LogP contribution in [-0.2, 0) is 12.0 Å². The largest absolute Gasteiger partial charge is 0.319 e. The lowest BCUT2D eigenvalue weighted by atomic mass is 9.94. The predicted octanol–water partition coefficient (Wildman–Crippen LogP) is 2.69. The van der Waals surface area contributed by atoms with E-state index in [1.54, 1.807) is 11.3 Å². The third kappa shape index (κ3) is 2.22. The van der Waals surface area contributed by atoms with Gasteiger partial charge in [-0.05, 0) is 37.7 Å². The van der Waals surface area contributed by atoms with E-state index in [-0.39, 0.29) is 5.54 Å². The molecular weight excluding hydrogens is 224 g/mol. The molecule has 1 saturated heterocycles. The summed E-state index contributed by atoms with van der Waals surface area (Å²) < 4.78 is 0. The van der Waals surface area contributed by atoms with Gasteiger partial charge < -0.3 is 5.73 Å². The molecule has 1 aliphatic rings. The van der Waals surface area contributed by atoms with Crippen LogP contribution < -0.4 is 5.73 Å². The van der Waals surface area contributed by atoms with E-state index in [4.69, 9.17) is 10.7 Å². The van der Waals surface area contributed by atoms with Gasteiger partial charge in [0.1, 0.15) is 5.01 Å². The Hall–Kier alpha value is -0.0600. The molecule has 4 heteroatoms. The van der Waals surface area contributed by atoms with Gasteiger partial charge in [-0.3, -0.25) is 0 Å². The number of thiazole rings is 1. The summed E-state index contributed by atoms with van der Waals surface area (Å²) in [6.07, 6.45) is 3.18. The SMILES string of the molecule is CCc1nc(C2(N)CCSCC2)sc1C. The summed E-state index contributed by atoms with van der Waals surface area (Å²) in [7, 11) is 0. The molecular formula is C11H18N2S2. The fourth-order valence-electron chi connectivity index (χ4n) is 1.92. The summed E-state index contributed by atoms with van der Waals surface area (Å²) in [5.41, 5.74) is 7.56. The highest BCUT2D eigenvalue weighted by Gasteiger charge is 2.33. The molecule has 0 aliphatic carbocycles. The van der Waals surface area contributed by atoms with E-state index < -0.39 is 0 Å². The maximum absolute atomic E-state index is 6.45. The van der Waals surface area contributed by atoms with Crippen molar-refractivity contribution in [2.45, 2.75) is 38.6 Å². The fourth-order valence-corrected chi connectivity index (χ4v) is 4.30. The lowest BCUT2D eigenvalue weighted by molar-refractivity contribution is 0.408. The molecule has 0 amide bonds. The van der Waals surface area contributed by atoms with Crippen molar-refractivity contribution < 1.29 is 0 Å². The summed E-state index contributed by atoms with van der Waals surface area (Å²) in [4.78, 5) is 6.05. The Labute approximate surface area is 99.7 Å². The first-order valence-corrected chi connectivity index (χ1v) is 7.46. The van der Waals surface area contributed by atoms with Crippen LogP contribution in [-0.4, -0.2) is 16.5 Å². The van der Waals surface area contributed by atoms with Crippen molar-refractivity contribution in [2.24, 2.45) is 5.73 Å². The minimum Gasteiger partial charge on any atom is -0.319 e. The molecule has 15 heavy (non-hydrogen) atoms. The van der Waals surface area contributed by atoms with Gasteiger partial charge in [0.2, 0.25) is 0 Å². The predicted molar refractivity (Wildman–Crippen MR) is 68.7 cm³/mol. The van der Waals surface area contributed by atoms with Gasteiger partial charge in [0.15, 0.2) is 0 Å². The minimum absolute atomic E-state index is 0.131. The smallest absolute Gasteiger partial charge is 0.113 e. The van der Waals surface area contributed by atoms with Crippen LogP contribution in [0.2, 0.25) is 0 Å². The van der Waals surface area contributed by atoms with Crippen molar-refractivity contribution in [3.05, 3.63) is 15.6 Å². The first kappa shape index (κ1) is 11.4. The molecule has 0 spiro atoms. The maximum Gasteiger partial charge on any atom is 0.113 e. The number of aryl methyl sites for hydroxylation is 2. The third-order valence-corrected chi connectivity index (χ3v) is 5.26. The summed E-state index contributed by atoms with van der Waals surface area (Å²) >= 11 is 3.80. The Morgan fingerprint density at radius 3 is 2.60 bits per heavy atom. The van der Waals surface area contributed by atoms with Crippen LogP contribution in [0.25, 0.3) is 0 Å². The summed E-state index contributed by atoms with van der Waals surface area (Å²) in [5, 5.41) is 1.16. The van der Waals surface area contributed by atoms with Crippen LogP contribution in [0.4, 0.5) is 0 Å². The lowest BCUT2D eigenvalue weighted by Gasteiger charge is -2.30. The molecule has 1 fully saturated rings. The fraction of sp³-hybridized carbons (Fsp3) is 0.727. The molecule has 1 aromatic heterocycles. The van der Waals surface area contributed by atoms with Crippen molar-refractivity contribution in [2.75, 3.05) is 11.5 Å². The number of hydrogen-bond acceptors (Lipinski definition) is 4. The molecule has 2 rings (SSSR count). The van der Waals surface area contributed by atoms with Gasteiger partial charge in [0.25, 0.3) is 0 Å². The second kappa shape index (κ2) is 4.44.